The van der Waals surface area contributed by atoms with Gasteiger partial charge in [0.1, 0.15) is 0 Å². The van der Waals surface area contributed by atoms with Crippen LogP contribution in [-0.2, 0) is 0 Å². The molecule has 0 N–H and O–H groups in total. The van der Waals surface area contributed by atoms with Crippen LogP contribution in [-0.4, -0.2) is 0 Å². The van der Waals surface area contributed by atoms with Gasteiger partial charge in [-0.05, 0) is 41.9 Å². The highest BCUT2D eigenvalue weighted by atomic mass is 14.5. The maximum absolute atomic E-state index is 2.43. The van der Waals surface area contributed by atoms with Crippen molar-refractivity contribution in [2.45, 2.75) is 54.4 Å². The standard InChI is InChI=1S/C13H26/c1-9(2)13(10(3)4)7-11(5)12(6)8-13/h9-12H,7-8H2,1-6H3/t11-,12+. The molecule has 0 aliphatic heterocycles. The molecule has 0 amide bonds. The van der Waals surface area contributed by atoms with E-state index in [1.165, 1.54) is 12.8 Å². The van der Waals surface area contributed by atoms with Crippen LogP contribution in [0.5, 0.6) is 0 Å². The molecule has 0 aromatic rings. The third kappa shape index (κ3) is 1.78. The van der Waals surface area contributed by atoms with Crippen molar-refractivity contribution in [2.75, 3.05) is 0 Å². The van der Waals surface area contributed by atoms with Gasteiger partial charge in [0.15, 0.2) is 0 Å². The van der Waals surface area contributed by atoms with Crippen LogP contribution in [0.25, 0.3) is 0 Å². The summed E-state index contributed by atoms with van der Waals surface area (Å²) >= 11 is 0. The van der Waals surface area contributed by atoms with Crippen molar-refractivity contribution in [2.24, 2.45) is 29.1 Å². The Hall–Kier alpha value is 0. The van der Waals surface area contributed by atoms with E-state index in [4.69, 9.17) is 0 Å². The molecule has 0 aromatic carbocycles. The minimum atomic E-state index is 0.638. The van der Waals surface area contributed by atoms with Gasteiger partial charge in [0.25, 0.3) is 0 Å². The summed E-state index contributed by atoms with van der Waals surface area (Å²) in [7, 11) is 0. The van der Waals surface area contributed by atoms with Crippen molar-refractivity contribution in [1.29, 1.82) is 0 Å². The van der Waals surface area contributed by atoms with E-state index < -0.39 is 0 Å². The fourth-order valence-electron chi connectivity index (χ4n) is 3.29. The first kappa shape index (κ1) is 11.1. The third-order valence-corrected chi connectivity index (χ3v) is 4.68. The minimum absolute atomic E-state index is 0.638. The van der Waals surface area contributed by atoms with Crippen molar-refractivity contribution in [1.82, 2.24) is 0 Å². The van der Waals surface area contributed by atoms with Gasteiger partial charge in [0.2, 0.25) is 0 Å². The smallest absolute Gasteiger partial charge is 0.0246 e. The predicted molar refractivity (Wildman–Crippen MR) is 59.7 cm³/mol. The Morgan fingerprint density at radius 2 is 1.15 bits per heavy atom. The van der Waals surface area contributed by atoms with Crippen LogP contribution in [0.15, 0.2) is 0 Å². The summed E-state index contributed by atoms with van der Waals surface area (Å²) in [6, 6.07) is 0. The summed E-state index contributed by atoms with van der Waals surface area (Å²) in [6.45, 7) is 14.5. The second kappa shape index (κ2) is 3.63. The first-order chi connectivity index (χ1) is 5.90. The lowest BCUT2D eigenvalue weighted by Crippen LogP contribution is -2.30. The molecule has 0 unspecified atom stereocenters. The van der Waals surface area contributed by atoms with Crippen molar-refractivity contribution in [3.63, 3.8) is 0 Å². The third-order valence-electron chi connectivity index (χ3n) is 4.68. The minimum Gasteiger partial charge on any atom is -0.0622 e. The monoisotopic (exact) mass is 182 g/mol. The van der Waals surface area contributed by atoms with Gasteiger partial charge >= 0.3 is 0 Å². The molecule has 1 saturated carbocycles. The summed E-state index contributed by atoms with van der Waals surface area (Å²) in [6.07, 6.45) is 2.90. The molecule has 0 aromatic heterocycles. The van der Waals surface area contributed by atoms with Gasteiger partial charge in [-0.1, -0.05) is 41.5 Å². The van der Waals surface area contributed by atoms with E-state index in [9.17, 15) is 0 Å². The molecule has 0 bridgehead atoms. The summed E-state index contributed by atoms with van der Waals surface area (Å²) in [5, 5.41) is 0. The molecule has 0 heteroatoms. The molecule has 0 spiro atoms. The Morgan fingerprint density at radius 1 is 0.846 bits per heavy atom. The average Bonchev–Trinajstić information content (AvgIpc) is 2.29. The van der Waals surface area contributed by atoms with Crippen LogP contribution in [0.4, 0.5) is 0 Å². The fourth-order valence-corrected chi connectivity index (χ4v) is 3.29. The van der Waals surface area contributed by atoms with E-state index in [0.717, 1.165) is 23.7 Å². The van der Waals surface area contributed by atoms with E-state index in [1.54, 1.807) is 0 Å². The largest absolute Gasteiger partial charge is 0.0622 e. The second-order valence-corrected chi connectivity index (χ2v) is 5.91. The normalized spacial score (nSPS) is 33.2. The maximum atomic E-state index is 2.43. The highest BCUT2D eigenvalue weighted by Crippen LogP contribution is 2.54. The molecular formula is C13H26. The summed E-state index contributed by atoms with van der Waals surface area (Å²) in [4.78, 5) is 0. The zero-order valence-corrected chi connectivity index (χ0v) is 10.2. The van der Waals surface area contributed by atoms with Crippen LogP contribution in [0, 0.1) is 29.1 Å². The Kier molecular flexibility index (Phi) is 3.09. The van der Waals surface area contributed by atoms with E-state index >= 15 is 0 Å². The van der Waals surface area contributed by atoms with E-state index in [0.29, 0.717) is 5.41 Å². The molecule has 0 nitrogen and oxygen atoms in total. The average molecular weight is 182 g/mol. The van der Waals surface area contributed by atoms with Crippen molar-refractivity contribution < 1.29 is 0 Å². The van der Waals surface area contributed by atoms with Gasteiger partial charge in [0.05, 0.1) is 0 Å². The van der Waals surface area contributed by atoms with Gasteiger partial charge in [-0.3, -0.25) is 0 Å². The van der Waals surface area contributed by atoms with Crippen molar-refractivity contribution in [3.8, 4) is 0 Å². The zero-order valence-electron chi connectivity index (χ0n) is 10.2. The lowest BCUT2D eigenvalue weighted by molar-refractivity contribution is 0.112. The van der Waals surface area contributed by atoms with E-state index in [2.05, 4.69) is 41.5 Å². The Labute approximate surface area is 84.1 Å². The second-order valence-electron chi connectivity index (χ2n) is 5.91. The molecule has 1 aliphatic rings. The van der Waals surface area contributed by atoms with Crippen molar-refractivity contribution >= 4 is 0 Å². The Bertz CT molecular complexity index is 147. The Balaban J connectivity index is 2.83. The molecule has 13 heavy (non-hydrogen) atoms. The van der Waals surface area contributed by atoms with E-state index in [1.807, 2.05) is 0 Å². The molecule has 1 fully saturated rings. The number of hydrogen-bond acceptors (Lipinski definition) is 0. The SMILES string of the molecule is CC(C)C1(C(C)C)C[C@@H](C)[C@@H](C)C1. The summed E-state index contributed by atoms with van der Waals surface area (Å²) in [5.74, 6) is 3.56. The first-order valence-corrected chi connectivity index (χ1v) is 5.90. The van der Waals surface area contributed by atoms with Crippen LogP contribution in [0.1, 0.15) is 54.4 Å². The quantitative estimate of drug-likeness (QED) is 0.595. The lowest BCUT2D eigenvalue weighted by atomic mass is 9.67. The topological polar surface area (TPSA) is 0 Å². The summed E-state index contributed by atoms with van der Waals surface area (Å²) in [5.41, 5.74) is 0.638. The van der Waals surface area contributed by atoms with Crippen LogP contribution in [0.2, 0.25) is 0 Å². The highest BCUT2D eigenvalue weighted by Gasteiger charge is 2.45. The van der Waals surface area contributed by atoms with E-state index in [-0.39, 0.29) is 0 Å². The maximum Gasteiger partial charge on any atom is -0.0246 e. The predicted octanol–water partition coefficient (Wildman–Crippen LogP) is 4.35. The molecule has 1 aliphatic carbocycles. The van der Waals surface area contributed by atoms with Crippen molar-refractivity contribution in [3.05, 3.63) is 0 Å². The number of rotatable bonds is 2. The Morgan fingerprint density at radius 3 is 1.31 bits per heavy atom. The van der Waals surface area contributed by atoms with Crippen LogP contribution >= 0.6 is 0 Å². The highest BCUT2D eigenvalue weighted by molar-refractivity contribution is 4.94. The van der Waals surface area contributed by atoms with Gasteiger partial charge in [-0.15, -0.1) is 0 Å². The molecule has 0 heterocycles. The lowest BCUT2D eigenvalue weighted by Gasteiger charge is -2.38. The molecule has 1 rings (SSSR count). The fraction of sp³-hybridized carbons (Fsp3) is 1.00. The van der Waals surface area contributed by atoms with Crippen LogP contribution < -0.4 is 0 Å². The molecule has 0 radical (unpaired) electrons. The van der Waals surface area contributed by atoms with Crippen LogP contribution in [0.3, 0.4) is 0 Å². The molecule has 78 valence electrons. The van der Waals surface area contributed by atoms with Gasteiger partial charge in [0, 0.05) is 0 Å². The van der Waals surface area contributed by atoms with Gasteiger partial charge in [-0.25, -0.2) is 0 Å². The zero-order chi connectivity index (χ0) is 10.2. The summed E-state index contributed by atoms with van der Waals surface area (Å²) < 4.78 is 0. The molecule has 0 saturated heterocycles. The molecular weight excluding hydrogens is 156 g/mol. The van der Waals surface area contributed by atoms with Gasteiger partial charge in [-0.2, -0.15) is 0 Å². The first-order valence-electron chi connectivity index (χ1n) is 5.90. The molecule has 2 atom stereocenters. The van der Waals surface area contributed by atoms with Gasteiger partial charge < -0.3 is 0 Å². The number of hydrogen-bond donors (Lipinski definition) is 0.